The van der Waals surface area contributed by atoms with Gasteiger partial charge in [-0.25, -0.2) is 0 Å². The molecule has 0 saturated heterocycles. The van der Waals surface area contributed by atoms with Crippen molar-refractivity contribution in [2.45, 2.75) is 13.3 Å². The Morgan fingerprint density at radius 2 is 2.21 bits per heavy atom. The lowest BCUT2D eigenvalue weighted by atomic mass is 9.99. The van der Waals surface area contributed by atoms with Gasteiger partial charge in [-0.1, -0.05) is 23.7 Å². The number of ether oxygens (including phenoxy) is 1. The summed E-state index contributed by atoms with van der Waals surface area (Å²) >= 11 is 5.97. The fourth-order valence-electron chi connectivity index (χ4n) is 1.69. The molecule has 1 nitrogen and oxygen atoms in total. The van der Waals surface area contributed by atoms with Crippen LogP contribution in [0.25, 0.3) is 5.57 Å². The second kappa shape index (κ2) is 4.16. The average molecular weight is 209 g/mol. The molecule has 0 N–H and O–H groups in total. The smallest absolute Gasteiger partial charge is 0.0719 e. The van der Waals surface area contributed by atoms with Crippen LogP contribution in [0.4, 0.5) is 0 Å². The first kappa shape index (κ1) is 9.75. The van der Waals surface area contributed by atoms with Crippen molar-refractivity contribution in [3.05, 3.63) is 40.4 Å². The molecule has 0 amide bonds. The van der Waals surface area contributed by atoms with Crippen molar-refractivity contribution in [3.8, 4) is 0 Å². The normalized spacial score (nSPS) is 16.6. The Hall–Kier alpha value is -0.790. The highest BCUT2D eigenvalue weighted by atomic mass is 35.5. The van der Waals surface area contributed by atoms with Crippen LogP contribution in [0.3, 0.4) is 0 Å². The summed E-state index contributed by atoms with van der Waals surface area (Å²) in [4.78, 5) is 0. The fourth-order valence-corrected chi connectivity index (χ4v) is 1.86. The van der Waals surface area contributed by atoms with Crippen LogP contribution in [0.5, 0.6) is 0 Å². The molecule has 74 valence electrons. The van der Waals surface area contributed by atoms with Crippen LogP contribution in [0.15, 0.2) is 24.3 Å². The van der Waals surface area contributed by atoms with Crippen LogP contribution in [-0.2, 0) is 4.74 Å². The molecular weight excluding hydrogens is 196 g/mol. The molecule has 1 aliphatic heterocycles. The summed E-state index contributed by atoms with van der Waals surface area (Å²) < 4.78 is 5.42. The molecule has 0 fully saturated rings. The summed E-state index contributed by atoms with van der Waals surface area (Å²) in [6, 6.07) is 5.98. The van der Waals surface area contributed by atoms with Gasteiger partial charge in [0, 0.05) is 5.02 Å². The molecule has 14 heavy (non-hydrogen) atoms. The lowest BCUT2D eigenvalue weighted by molar-refractivity contribution is 0.164. The molecule has 0 unspecified atom stereocenters. The minimum absolute atomic E-state index is 0.710. The van der Waals surface area contributed by atoms with Crippen LogP contribution in [-0.4, -0.2) is 13.2 Å². The van der Waals surface area contributed by atoms with Gasteiger partial charge in [-0.15, -0.1) is 0 Å². The van der Waals surface area contributed by atoms with Crippen molar-refractivity contribution in [2.75, 3.05) is 13.2 Å². The highest BCUT2D eigenvalue weighted by molar-refractivity contribution is 6.30. The van der Waals surface area contributed by atoms with Crippen LogP contribution in [0, 0.1) is 6.92 Å². The van der Waals surface area contributed by atoms with Crippen LogP contribution in [0.1, 0.15) is 17.5 Å². The molecule has 2 heteroatoms. The third kappa shape index (κ3) is 1.99. The van der Waals surface area contributed by atoms with Gasteiger partial charge in [-0.05, 0) is 42.2 Å². The first-order chi connectivity index (χ1) is 6.77. The van der Waals surface area contributed by atoms with Gasteiger partial charge in [0.15, 0.2) is 0 Å². The number of hydrogen-bond donors (Lipinski definition) is 0. The molecule has 2 rings (SSSR count). The summed E-state index contributed by atoms with van der Waals surface area (Å²) in [5.41, 5.74) is 3.74. The zero-order chi connectivity index (χ0) is 9.97. The Morgan fingerprint density at radius 1 is 1.36 bits per heavy atom. The van der Waals surface area contributed by atoms with E-state index in [0.29, 0.717) is 6.61 Å². The molecule has 0 bridgehead atoms. The first-order valence-corrected chi connectivity index (χ1v) is 5.18. The quantitative estimate of drug-likeness (QED) is 0.687. The van der Waals surface area contributed by atoms with E-state index in [1.807, 2.05) is 18.2 Å². The molecule has 0 radical (unpaired) electrons. The van der Waals surface area contributed by atoms with E-state index in [9.17, 15) is 0 Å². The number of hydrogen-bond acceptors (Lipinski definition) is 1. The van der Waals surface area contributed by atoms with Gasteiger partial charge in [0.25, 0.3) is 0 Å². The Morgan fingerprint density at radius 3 is 2.93 bits per heavy atom. The summed E-state index contributed by atoms with van der Waals surface area (Å²) in [6.07, 6.45) is 3.24. The number of aryl methyl sites for hydroxylation is 1. The zero-order valence-corrected chi connectivity index (χ0v) is 8.97. The Kier molecular flexibility index (Phi) is 2.90. The van der Waals surface area contributed by atoms with E-state index in [-0.39, 0.29) is 0 Å². The Bertz CT molecular complexity index is 369. The minimum Gasteiger partial charge on any atom is -0.376 e. The standard InChI is InChI=1S/C12H13ClO/c1-9-4-5-11(13)7-12(9)10-3-2-6-14-8-10/h3-5,7H,2,6,8H2,1H3. The largest absolute Gasteiger partial charge is 0.376 e. The SMILES string of the molecule is Cc1ccc(Cl)cc1C1=CCCOC1. The monoisotopic (exact) mass is 208 g/mol. The number of halogens is 1. The van der Waals surface area contributed by atoms with Crippen LogP contribution < -0.4 is 0 Å². The number of benzene rings is 1. The van der Waals surface area contributed by atoms with E-state index in [2.05, 4.69) is 13.0 Å². The predicted octanol–water partition coefficient (Wildman–Crippen LogP) is 3.45. The third-order valence-electron chi connectivity index (χ3n) is 2.46. The lowest BCUT2D eigenvalue weighted by Crippen LogP contribution is -2.06. The summed E-state index contributed by atoms with van der Waals surface area (Å²) in [5, 5.41) is 0.789. The molecule has 1 aromatic carbocycles. The fraction of sp³-hybridized carbons (Fsp3) is 0.333. The van der Waals surface area contributed by atoms with Crippen molar-refractivity contribution in [2.24, 2.45) is 0 Å². The van der Waals surface area contributed by atoms with E-state index in [1.54, 1.807) is 0 Å². The molecule has 0 aliphatic carbocycles. The third-order valence-corrected chi connectivity index (χ3v) is 2.69. The second-order valence-electron chi connectivity index (χ2n) is 3.53. The molecule has 1 aromatic rings. The van der Waals surface area contributed by atoms with Gasteiger partial charge in [-0.3, -0.25) is 0 Å². The van der Waals surface area contributed by atoms with Crippen molar-refractivity contribution in [3.63, 3.8) is 0 Å². The van der Waals surface area contributed by atoms with Crippen molar-refractivity contribution < 1.29 is 4.74 Å². The molecule has 1 aliphatic rings. The number of rotatable bonds is 1. The first-order valence-electron chi connectivity index (χ1n) is 4.80. The van der Waals surface area contributed by atoms with Gasteiger partial charge < -0.3 is 4.74 Å². The van der Waals surface area contributed by atoms with E-state index < -0.39 is 0 Å². The molecule has 1 heterocycles. The highest BCUT2D eigenvalue weighted by Gasteiger charge is 2.09. The molecule has 0 saturated carbocycles. The predicted molar refractivity (Wildman–Crippen MR) is 59.6 cm³/mol. The minimum atomic E-state index is 0.710. The summed E-state index contributed by atoms with van der Waals surface area (Å²) in [6.45, 7) is 3.64. The molecule has 0 atom stereocenters. The molecular formula is C12H13ClO. The summed E-state index contributed by atoms with van der Waals surface area (Å²) in [5.74, 6) is 0. The van der Waals surface area contributed by atoms with Crippen molar-refractivity contribution in [1.29, 1.82) is 0 Å². The van der Waals surface area contributed by atoms with Crippen LogP contribution >= 0.6 is 11.6 Å². The van der Waals surface area contributed by atoms with E-state index >= 15 is 0 Å². The van der Waals surface area contributed by atoms with Crippen molar-refractivity contribution in [1.82, 2.24) is 0 Å². The van der Waals surface area contributed by atoms with Gasteiger partial charge in [0.1, 0.15) is 0 Å². The van der Waals surface area contributed by atoms with Gasteiger partial charge in [0.2, 0.25) is 0 Å². The topological polar surface area (TPSA) is 9.23 Å². The molecule has 0 aromatic heterocycles. The van der Waals surface area contributed by atoms with E-state index in [0.717, 1.165) is 18.1 Å². The maximum Gasteiger partial charge on any atom is 0.0719 e. The second-order valence-corrected chi connectivity index (χ2v) is 3.97. The Balaban J connectivity index is 2.39. The van der Waals surface area contributed by atoms with Gasteiger partial charge in [0.05, 0.1) is 13.2 Å². The van der Waals surface area contributed by atoms with Gasteiger partial charge >= 0.3 is 0 Å². The van der Waals surface area contributed by atoms with E-state index in [1.165, 1.54) is 16.7 Å². The van der Waals surface area contributed by atoms with Crippen LogP contribution in [0.2, 0.25) is 5.02 Å². The maximum absolute atomic E-state index is 5.97. The Labute approximate surface area is 89.3 Å². The van der Waals surface area contributed by atoms with Gasteiger partial charge in [-0.2, -0.15) is 0 Å². The van der Waals surface area contributed by atoms with E-state index in [4.69, 9.17) is 16.3 Å². The zero-order valence-electron chi connectivity index (χ0n) is 8.22. The average Bonchev–Trinajstić information content (AvgIpc) is 2.23. The maximum atomic E-state index is 5.97. The molecule has 0 spiro atoms. The van der Waals surface area contributed by atoms with Crippen molar-refractivity contribution >= 4 is 17.2 Å². The highest BCUT2D eigenvalue weighted by Crippen LogP contribution is 2.25. The summed E-state index contributed by atoms with van der Waals surface area (Å²) in [7, 11) is 0. The lowest BCUT2D eigenvalue weighted by Gasteiger charge is -2.15.